The molecule has 1 amide bonds. The maximum absolute atomic E-state index is 12.7. The molecule has 5 heteroatoms. The van der Waals surface area contributed by atoms with Gasteiger partial charge in [-0.25, -0.2) is 4.79 Å². The molecule has 4 atom stereocenters. The van der Waals surface area contributed by atoms with E-state index in [1.165, 1.54) is 12.0 Å². The molecule has 1 aromatic rings. The standard InChI is InChI=1S/C22H29BrN2O2/c1-5-18(14(2)12-15-6-8-17(23)9-7-15)24-25-20(26)27-19-13-16-10-11-22(19,25)21(16,3)4/h6-9,14,16,19H,5,10-13H2,1-4H3/b24-18+/t14-,16-,19-,22+/m1/s1. The summed E-state index contributed by atoms with van der Waals surface area (Å²) in [4.78, 5) is 12.7. The summed E-state index contributed by atoms with van der Waals surface area (Å²) in [6, 6.07) is 8.44. The molecule has 0 N–H and O–H groups in total. The largest absolute Gasteiger partial charge is 0.442 e. The van der Waals surface area contributed by atoms with Gasteiger partial charge in [0.25, 0.3) is 0 Å². The Morgan fingerprint density at radius 2 is 2.07 bits per heavy atom. The van der Waals surface area contributed by atoms with Crippen LogP contribution in [-0.2, 0) is 11.2 Å². The number of benzene rings is 1. The third-order valence-electron chi connectivity index (χ3n) is 7.45. The molecule has 0 radical (unpaired) electrons. The van der Waals surface area contributed by atoms with E-state index in [1.54, 1.807) is 5.01 Å². The van der Waals surface area contributed by atoms with Crippen molar-refractivity contribution in [2.45, 2.75) is 71.4 Å². The molecule has 1 spiro atoms. The highest BCUT2D eigenvalue weighted by atomic mass is 79.9. The topological polar surface area (TPSA) is 41.9 Å². The smallest absolute Gasteiger partial charge is 0.431 e. The fraction of sp³-hybridized carbons (Fsp3) is 0.636. The minimum absolute atomic E-state index is 0.00221. The molecule has 2 saturated carbocycles. The van der Waals surface area contributed by atoms with E-state index in [9.17, 15) is 4.79 Å². The van der Waals surface area contributed by atoms with Gasteiger partial charge in [0, 0.05) is 16.1 Å². The SMILES string of the molecule is CC/C(=N\N1C(=O)O[C@@H]2C[C@H]3CC[C@@]21C3(C)C)[C@H](C)Cc1ccc(Br)cc1. The molecule has 3 aliphatic rings. The number of hydrogen-bond acceptors (Lipinski definition) is 3. The van der Waals surface area contributed by atoms with E-state index in [-0.39, 0.29) is 29.1 Å². The molecule has 2 bridgehead atoms. The van der Waals surface area contributed by atoms with Gasteiger partial charge in [-0.3, -0.25) is 0 Å². The Bertz CT molecular complexity index is 773. The summed E-state index contributed by atoms with van der Waals surface area (Å²) >= 11 is 3.49. The van der Waals surface area contributed by atoms with E-state index in [0.29, 0.717) is 5.92 Å². The molecule has 4 rings (SSSR count). The lowest BCUT2D eigenvalue weighted by atomic mass is 9.75. The number of nitrogens with zero attached hydrogens (tertiary/aromatic N) is 2. The Kier molecular flexibility index (Phi) is 4.65. The van der Waals surface area contributed by atoms with Crippen molar-refractivity contribution in [3.63, 3.8) is 0 Å². The summed E-state index contributed by atoms with van der Waals surface area (Å²) < 4.78 is 6.88. The third-order valence-corrected chi connectivity index (χ3v) is 7.98. The maximum atomic E-state index is 12.7. The normalized spacial score (nSPS) is 32.6. The number of fused-ring (bicyclic) bond motifs is 1. The van der Waals surface area contributed by atoms with Gasteiger partial charge in [0.15, 0.2) is 0 Å². The highest BCUT2D eigenvalue weighted by molar-refractivity contribution is 9.10. The Balaban J connectivity index is 1.61. The Morgan fingerprint density at radius 3 is 2.70 bits per heavy atom. The van der Waals surface area contributed by atoms with Crippen molar-refractivity contribution in [1.82, 2.24) is 5.01 Å². The summed E-state index contributed by atoms with van der Waals surface area (Å²) in [7, 11) is 0. The van der Waals surface area contributed by atoms with Gasteiger partial charge < -0.3 is 4.74 Å². The van der Waals surface area contributed by atoms with Gasteiger partial charge in [-0.2, -0.15) is 10.1 Å². The molecular formula is C22H29BrN2O2. The van der Waals surface area contributed by atoms with Gasteiger partial charge in [-0.05, 0) is 61.1 Å². The van der Waals surface area contributed by atoms with E-state index in [4.69, 9.17) is 9.84 Å². The van der Waals surface area contributed by atoms with E-state index in [1.807, 2.05) is 0 Å². The van der Waals surface area contributed by atoms with Crippen molar-refractivity contribution in [2.75, 3.05) is 0 Å². The van der Waals surface area contributed by atoms with Crippen LogP contribution in [0.5, 0.6) is 0 Å². The molecule has 27 heavy (non-hydrogen) atoms. The lowest BCUT2D eigenvalue weighted by Gasteiger charge is -2.40. The second kappa shape index (κ2) is 6.61. The van der Waals surface area contributed by atoms with Crippen molar-refractivity contribution < 1.29 is 9.53 Å². The average molecular weight is 433 g/mol. The van der Waals surface area contributed by atoms with E-state index >= 15 is 0 Å². The Hall–Kier alpha value is -1.36. The van der Waals surface area contributed by atoms with Crippen LogP contribution in [0.4, 0.5) is 4.79 Å². The van der Waals surface area contributed by atoms with Crippen LogP contribution in [0.2, 0.25) is 0 Å². The highest BCUT2D eigenvalue weighted by Gasteiger charge is 2.73. The fourth-order valence-electron chi connectivity index (χ4n) is 5.74. The van der Waals surface area contributed by atoms with Crippen LogP contribution >= 0.6 is 15.9 Å². The molecule has 1 saturated heterocycles. The van der Waals surface area contributed by atoms with Crippen molar-refractivity contribution in [3.05, 3.63) is 34.3 Å². The first-order valence-electron chi connectivity index (χ1n) is 10.1. The Labute approximate surface area is 170 Å². The van der Waals surface area contributed by atoms with E-state index in [0.717, 1.165) is 35.9 Å². The van der Waals surface area contributed by atoms with Crippen molar-refractivity contribution >= 4 is 27.7 Å². The van der Waals surface area contributed by atoms with Gasteiger partial charge in [0.05, 0.1) is 0 Å². The summed E-state index contributed by atoms with van der Waals surface area (Å²) in [5.41, 5.74) is 2.17. The van der Waals surface area contributed by atoms with E-state index < -0.39 is 0 Å². The first-order valence-corrected chi connectivity index (χ1v) is 10.9. The average Bonchev–Trinajstić information content (AvgIpc) is 3.14. The quantitative estimate of drug-likeness (QED) is 0.552. The van der Waals surface area contributed by atoms with Crippen LogP contribution in [-0.4, -0.2) is 28.5 Å². The van der Waals surface area contributed by atoms with Gasteiger partial charge in [-0.1, -0.05) is 55.8 Å². The first-order chi connectivity index (χ1) is 12.8. The van der Waals surface area contributed by atoms with Gasteiger partial charge in [-0.15, -0.1) is 0 Å². The summed E-state index contributed by atoms with van der Waals surface area (Å²) in [6.07, 6.45) is 4.67. The number of amides is 1. The number of carbonyl (C=O) groups excluding carboxylic acids is 1. The number of ether oxygens (including phenoxy) is 1. The number of hydrazone groups is 1. The predicted molar refractivity (Wildman–Crippen MR) is 111 cm³/mol. The molecule has 2 aliphatic carbocycles. The molecule has 3 fully saturated rings. The second-order valence-electron chi connectivity index (χ2n) is 8.98. The second-order valence-corrected chi connectivity index (χ2v) is 9.89. The summed E-state index contributed by atoms with van der Waals surface area (Å²) in [5, 5.41) is 6.71. The lowest BCUT2D eigenvalue weighted by Crippen LogP contribution is -2.53. The van der Waals surface area contributed by atoms with Crippen LogP contribution in [0.1, 0.15) is 58.9 Å². The van der Waals surface area contributed by atoms with Crippen LogP contribution in [0.25, 0.3) is 0 Å². The van der Waals surface area contributed by atoms with Gasteiger partial charge >= 0.3 is 6.09 Å². The lowest BCUT2D eigenvalue weighted by molar-refractivity contribution is 0.0566. The van der Waals surface area contributed by atoms with Crippen LogP contribution in [0, 0.1) is 17.3 Å². The first kappa shape index (κ1) is 19.0. The summed E-state index contributed by atoms with van der Waals surface area (Å²) in [6.45, 7) is 8.93. The molecule has 146 valence electrons. The van der Waals surface area contributed by atoms with Crippen molar-refractivity contribution in [2.24, 2.45) is 22.4 Å². The number of halogens is 1. The molecule has 0 unspecified atom stereocenters. The predicted octanol–water partition coefficient (Wildman–Crippen LogP) is 5.79. The van der Waals surface area contributed by atoms with Gasteiger partial charge in [0.2, 0.25) is 0 Å². The molecule has 4 nitrogen and oxygen atoms in total. The zero-order valence-electron chi connectivity index (χ0n) is 16.7. The van der Waals surface area contributed by atoms with Crippen molar-refractivity contribution in [1.29, 1.82) is 0 Å². The van der Waals surface area contributed by atoms with E-state index in [2.05, 4.69) is 67.9 Å². The van der Waals surface area contributed by atoms with Crippen molar-refractivity contribution in [3.8, 4) is 0 Å². The van der Waals surface area contributed by atoms with Crippen LogP contribution in [0.15, 0.2) is 33.8 Å². The molecule has 1 aliphatic heterocycles. The molecule has 1 aromatic carbocycles. The minimum atomic E-state index is -0.257. The van der Waals surface area contributed by atoms with Crippen LogP contribution in [0.3, 0.4) is 0 Å². The highest BCUT2D eigenvalue weighted by Crippen LogP contribution is 2.65. The molecular weight excluding hydrogens is 404 g/mol. The summed E-state index contributed by atoms with van der Waals surface area (Å²) in [5.74, 6) is 0.903. The van der Waals surface area contributed by atoms with Crippen LogP contribution < -0.4 is 0 Å². The molecule has 1 heterocycles. The monoisotopic (exact) mass is 432 g/mol. The van der Waals surface area contributed by atoms with Gasteiger partial charge in [0.1, 0.15) is 11.6 Å². The third kappa shape index (κ3) is 2.76. The zero-order valence-corrected chi connectivity index (χ0v) is 18.3. The zero-order chi connectivity index (χ0) is 19.4. The molecule has 0 aromatic heterocycles. The minimum Gasteiger partial charge on any atom is -0.442 e. The maximum Gasteiger partial charge on any atom is 0.431 e. The number of hydrogen-bond donors (Lipinski definition) is 0. The fourth-order valence-corrected chi connectivity index (χ4v) is 6.00. The number of carbonyl (C=O) groups is 1. The Morgan fingerprint density at radius 1 is 1.37 bits per heavy atom. The number of rotatable bonds is 5.